The lowest BCUT2D eigenvalue weighted by atomic mass is 10.1. The van der Waals surface area contributed by atoms with E-state index in [1.807, 2.05) is 26.8 Å². The van der Waals surface area contributed by atoms with Crippen LogP contribution in [-0.2, 0) is 4.74 Å². The van der Waals surface area contributed by atoms with E-state index in [1.165, 1.54) is 0 Å². The van der Waals surface area contributed by atoms with Crippen molar-refractivity contribution in [1.82, 2.24) is 9.88 Å². The summed E-state index contributed by atoms with van der Waals surface area (Å²) in [5, 5.41) is 0. The number of aromatic amines is 1. The summed E-state index contributed by atoms with van der Waals surface area (Å²) >= 11 is 0. The highest BCUT2D eigenvalue weighted by atomic mass is 16.6. The third-order valence-corrected chi connectivity index (χ3v) is 3.70. The molecule has 22 heavy (non-hydrogen) atoms. The fraction of sp³-hybridized carbons (Fsp3) is 0.625. The average molecular weight is 307 g/mol. The maximum Gasteiger partial charge on any atom is 0.410 e. The van der Waals surface area contributed by atoms with Gasteiger partial charge in [0.2, 0.25) is 5.56 Å². The quantitative estimate of drug-likeness (QED) is 0.910. The van der Waals surface area contributed by atoms with Crippen LogP contribution in [-0.4, -0.2) is 47.3 Å². The number of nitrogens with one attached hydrogen (secondary N) is 1. The first-order valence-corrected chi connectivity index (χ1v) is 7.73. The van der Waals surface area contributed by atoms with Crippen LogP contribution in [0.3, 0.4) is 0 Å². The number of H-pyrrole nitrogens is 1. The Labute approximate surface area is 131 Å². The SMILES string of the molecule is CC[C@@H]1CN(C(=O)OC(C)(C)C)CCN1c1cc[nH]c(=O)c1. The number of aromatic nitrogens is 1. The predicted molar refractivity (Wildman–Crippen MR) is 86.3 cm³/mol. The molecule has 1 atom stereocenters. The van der Waals surface area contributed by atoms with Gasteiger partial charge in [0, 0.05) is 43.6 Å². The average Bonchev–Trinajstić information content (AvgIpc) is 2.44. The standard InChI is InChI=1S/C16H25N3O3/c1-5-12-11-18(15(21)22-16(2,3)4)8-9-19(12)13-6-7-17-14(20)10-13/h6-7,10,12H,5,8-9,11H2,1-4H3,(H,17,20)/t12-/m1/s1. The Bertz CT molecular complexity index is 576. The summed E-state index contributed by atoms with van der Waals surface area (Å²) in [6, 6.07) is 3.68. The number of anilines is 1. The molecule has 1 saturated heterocycles. The number of rotatable bonds is 2. The van der Waals surface area contributed by atoms with Crippen molar-refractivity contribution in [3.8, 4) is 0 Å². The fourth-order valence-electron chi connectivity index (χ4n) is 2.65. The van der Waals surface area contributed by atoms with Crippen LogP contribution in [0.5, 0.6) is 0 Å². The summed E-state index contributed by atoms with van der Waals surface area (Å²) in [7, 11) is 0. The summed E-state index contributed by atoms with van der Waals surface area (Å²) < 4.78 is 5.44. The minimum absolute atomic E-state index is 0.109. The van der Waals surface area contributed by atoms with Gasteiger partial charge in [-0.1, -0.05) is 6.92 Å². The van der Waals surface area contributed by atoms with Crippen LogP contribution >= 0.6 is 0 Å². The summed E-state index contributed by atoms with van der Waals surface area (Å²) in [5.41, 5.74) is 0.309. The molecule has 0 radical (unpaired) electrons. The molecule has 0 aromatic carbocycles. The summed E-state index contributed by atoms with van der Waals surface area (Å²) in [6.07, 6.45) is 2.29. The zero-order valence-corrected chi connectivity index (χ0v) is 13.8. The van der Waals surface area contributed by atoms with E-state index >= 15 is 0 Å². The highest BCUT2D eigenvalue weighted by Crippen LogP contribution is 2.22. The smallest absolute Gasteiger partial charge is 0.410 e. The molecule has 0 bridgehead atoms. The number of piperazine rings is 1. The minimum Gasteiger partial charge on any atom is -0.444 e. The molecule has 122 valence electrons. The molecule has 1 aliphatic heterocycles. The molecule has 0 spiro atoms. The normalized spacial score (nSPS) is 19.2. The lowest BCUT2D eigenvalue weighted by Gasteiger charge is -2.42. The van der Waals surface area contributed by atoms with Crippen LogP contribution in [0.1, 0.15) is 34.1 Å². The van der Waals surface area contributed by atoms with Crippen LogP contribution in [0.4, 0.5) is 10.5 Å². The number of amides is 1. The summed E-state index contributed by atoms with van der Waals surface area (Å²) in [4.78, 5) is 30.3. The lowest BCUT2D eigenvalue weighted by Crippen LogP contribution is -2.55. The van der Waals surface area contributed by atoms with Gasteiger partial charge in [-0.2, -0.15) is 0 Å². The molecular weight excluding hydrogens is 282 g/mol. The number of nitrogens with zero attached hydrogens (tertiary/aromatic N) is 2. The monoisotopic (exact) mass is 307 g/mol. The Morgan fingerprint density at radius 2 is 2.14 bits per heavy atom. The van der Waals surface area contributed by atoms with Gasteiger partial charge in [0.05, 0.1) is 0 Å². The summed E-state index contributed by atoms with van der Waals surface area (Å²) in [6.45, 7) is 9.60. The van der Waals surface area contributed by atoms with Gasteiger partial charge >= 0.3 is 6.09 Å². The van der Waals surface area contributed by atoms with E-state index in [0.29, 0.717) is 19.6 Å². The number of hydrogen-bond donors (Lipinski definition) is 1. The molecule has 1 aromatic heterocycles. The third kappa shape index (κ3) is 4.02. The molecule has 1 fully saturated rings. The zero-order chi connectivity index (χ0) is 16.3. The molecule has 6 heteroatoms. The van der Waals surface area contributed by atoms with Gasteiger partial charge in [-0.05, 0) is 33.3 Å². The first-order chi connectivity index (χ1) is 10.3. The Balaban J connectivity index is 2.08. The molecule has 0 aliphatic carbocycles. The first kappa shape index (κ1) is 16.4. The highest BCUT2D eigenvalue weighted by Gasteiger charge is 2.31. The second-order valence-corrected chi connectivity index (χ2v) is 6.59. The second kappa shape index (κ2) is 6.42. The van der Waals surface area contributed by atoms with Crippen LogP contribution in [0, 0.1) is 0 Å². The predicted octanol–water partition coefficient (Wildman–Crippen LogP) is 2.21. The topological polar surface area (TPSA) is 65.6 Å². The number of hydrogen-bond acceptors (Lipinski definition) is 4. The van der Waals surface area contributed by atoms with E-state index in [0.717, 1.165) is 12.1 Å². The highest BCUT2D eigenvalue weighted by molar-refractivity contribution is 5.68. The molecule has 2 rings (SSSR count). The van der Waals surface area contributed by atoms with Crippen molar-refractivity contribution < 1.29 is 9.53 Å². The van der Waals surface area contributed by atoms with Crippen molar-refractivity contribution in [1.29, 1.82) is 0 Å². The van der Waals surface area contributed by atoms with Gasteiger partial charge in [-0.3, -0.25) is 4.79 Å². The van der Waals surface area contributed by atoms with E-state index in [1.54, 1.807) is 17.2 Å². The Morgan fingerprint density at radius 3 is 2.73 bits per heavy atom. The molecule has 1 aromatic rings. The van der Waals surface area contributed by atoms with E-state index in [-0.39, 0.29) is 17.7 Å². The molecule has 1 amide bonds. The van der Waals surface area contributed by atoms with Crippen molar-refractivity contribution in [2.24, 2.45) is 0 Å². The molecular formula is C16H25N3O3. The van der Waals surface area contributed by atoms with Crippen molar-refractivity contribution >= 4 is 11.8 Å². The maximum atomic E-state index is 12.2. The molecule has 0 unspecified atom stereocenters. The van der Waals surface area contributed by atoms with Gasteiger partial charge in [0.25, 0.3) is 0 Å². The Morgan fingerprint density at radius 1 is 1.41 bits per heavy atom. The van der Waals surface area contributed by atoms with Gasteiger partial charge in [0.1, 0.15) is 5.60 Å². The van der Waals surface area contributed by atoms with Gasteiger partial charge in [-0.15, -0.1) is 0 Å². The molecule has 2 heterocycles. The Hall–Kier alpha value is -1.98. The number of carbonyl (C=O) groups excluding carboxylic acids is 1. The van der Waals surface area contributed by atoms with Gasteiger partial charge in [-0.25, -0.2) is 4.79 Å². The molecule has 1 N–H and O–H groups in total. The maximum absolute atomic E-state index is 12.2. The van der Waals surface area contributed by atoms with Crippen molar-refractivity contribution in [2.75, 3.05) is 24.5 Å². The van der Waals surface area contributed by atoms with Crippen LogP contribution in [0.2, 0.25) is 0 Å². The van der Waals surface area contributed by atoms with E-state index in [4.69, 9.17) is 4.74 Å². The third-order valence-electron chi connectivity index (χ3n) is 3.70. The second-order valence-electron chi connectivity index (χ2n) is 6.59. The fourth-order valence-corrected chi connectivity index (χ4v) is 2.65. The van der Waals surface area contributed by atoms with E-state index < -0.39 is 5.60 Å². The number of pyridine rings is 1. The molecule has 6 nitrogen and oxygen atoms in total. The Kier molecular flexibility index (Phi) is 4.78. The van der Waals surface area contributed by atoms with Crippen molar-refractivity contribution in [3.05, 3.63) is 28.7 Å². The first-order valence-electron chi connectivity index (χ1n) is 7.73. The zero-order valence-electron chi connectivity index (χ0n) is 13.8. The number of carbonyl (C=O) groups is 1. The minimum atomic E-state index is -0.483. The van der Waals surface area contributed by atoms with Gasteiger partial charge < -0.3 is 19.5 Å². The summed E-state index contributed by atoms with van der Waals surface area (Å²) in [5.74, 6) is 0. The van der Waals surface area contributed by atoms with Crippen LogP contribution in [0.25, 0.3) is 0 Å². The molecule has 0 saturated carbocycles. The van der Waals surface area contributed by atoms with Gasteiger partial charge in [0.15, 0.2) is 0 Å². The van der Waals surface area contributed by atoms with E-state index in [9.17, 15) is 9.59 Å². The van der Waals surface area contributed by atoms with Crippen LogP contribution < -0.4 is 10.5 Å². The van der Waals surface area contributed by atoms with E-state index in [2.05, 4.69) is 16.8 Å². The lowest BCUT2D eigenvalue weighted by molar-refractivity contribution is 0.0213. The van der Waals surface area contributed by atoms with Crippen molar-refractivity contribution in [3.63, 3.8) is 0 Å². The van der Waals surface area contributed by atoms with Crippen LogP contribution in [0.15, 0.2) is 23.1 Å². The largest absolute Gasteiger partial charge is 0.444 e. The van der Waals surface area contributed by atoms with Crippen molar-refractivity contribution in [2.45, 2.75) is 45.8 Å². The number of ether oxygens (including phenoxy) is 1. The molecule has 1 aliphatic rings.